The van der Waals surface area contributed by atoms with Gasteiger partial charge in [-0.15, -0.1) is 0 Å². The van der Waals surface area contributed by atoms with E-state index in [-0.39, 0.29) is 18.0 Å². The molecule has 16 heavy (non-hydrogen) atoms. The van der Waals surface area contributed by atoms with Gasteiger partial charge >= 0.3 is 5.97 Å². The molecule has 0 bridgehead atoms. The second-order valence-corrected chi connectivity index (χ2v) is 4.74. The predicted octanol–water partition coefficient (Wildman–Crippen LogP) is 2.96. The highest BCUT2D eigenvalue weighted by molar-refractivity contribution is 5.72. The van der Waals surface area contributed by atoms with Gasteiger partial charge < -0.3 is 9.64 Å². The summed E-state index contributed by atoms with van der Waals surface area (Å²) in [6, 6.07) is 0. The Labute approximate surface area is 99.5 Å². The number of nitrogens with zero attached hydrogens (tertiary/aromatic N) is 1. The number of rotatable bonds is 7. The Balaban J connectivity index is 4.13. The molecule has 0 saturated heterocycles. The van der Waals surface area contributed by atoms with E-state index in [0.29, 0.717) is 0 Å². The molecule has 0 heterocycles. The molecule has 0 aliphatic carbocycles. The van der Waals surface area contributed by atoms with E-state index in [1.807, 2.05) is 32.7 Å². The van der Waals surface area contributed by atoms with Gasteiger partial charge in [-0.1, -0.05) is 19.9 Å². The molecule has 0 atom stereocenters. The van der Waals surface area contributed by atoms with Crippen LogP contribution in [0.3, 0.4) is 0 Å². The Morgan fingerprint density at radius 2 is 1.94 bits per heavy atom. The zero-order chi connectivity index (χ0) is 12.8. The summed E-state index contributed by atoms with van der Waals surface area (Å²) in [6.07, 6.45) is 2.17. The van der Waals surface area contributed by atoms with Gasteiger partial charge in [0.25, 0.3) is 0 Å². The largest absolute Gasteiger partial charge is 0.459 e. The smallest absolute Gasteiger partial charge is 0.312 e. The van der Waals surface area contributed by atoms with Crippen LogP contribution in [0.4, 0.5) is 0 Å². The minimum atomic E-state index is -0.364. The van der Waals surface area contributed by atoms with E-state index in [1.165, 1.54) is 0 Å². The van der Waals surface area contributed by atoms with Crippen LogP contribution in [0.15, 0.2) is 12.3 Å². The van der Waals surface area contributed by atoms with Crippen molar-refractivity contribution >= 4 is 5.97 Å². The number of ether oxygens (including phenoxy) is 1. The predicted molar refractivity (Wildman–Crippen MR) is 67.1 cm³/mol. The van der Waals surface area contributed by atoms with Crippen LogP contribution in [-0.4, -0.2) is 30.1 Å². The van der Waals surface area contributed by atoms with Crippen molar-refractivity contribution in [3.63, 3.8) is 0 Å². The Hall–Kier alpha value is -0.990. The highest BCUT2D eigenvalue weighted by atomic mass is 16.6. The Morgan fingerprint density at radius 3 is 2.38 bits per heavy atom. The van der Waals surface area contributed by atoms with Crippen LogP contribution in [0.2, 0.25) is 0 Å². The van der Waals surface area contributed by atoms with Crippen molar-refractivity contribution in [2.24, 2.45) is 0 Å². The summed E-state index contributed by atoms with van der Waals surface area (Å²) in [5, 5.41) is 0. The van der Waals surface area contributed by atoms with Gasteiger partial charge in [-0.3, -0.25) is 4.79 Å². The van der Waals surface area contributed by atoms with E-state index in [2.05, 4.69) is 13.5 Å². The minimum absolute atomic E-state index is 0.191. The lowest BCUT2D eigenvalue weighted by Gasteiger charge is -2.26. The quantitative estimate of drug-likeness (QED) is 0.626. The summed E-state index contributed by atoms with van der Waals surface area (Å²) in [4.78, 5) is 13.6. The molecule has 0 aromatic heterocycles. The molecule has 94 valence electrons. The van der Waals surface area contributed by atoms with Crippen molar-refractivity contribution in [1.29, 1.82) is 0 Å². The van der Waals surface area contributed by atoms with E-state index in [4.69, 9.17) is 4.74 Å². The van der Waals surface area contributed by atoms with E-state index in [9.17, 15) is 4.79 Å². The summed E-state index contributed by atoms with van der Waals surface area (Å²) >= 11 is 0. The average molecular weight is 227 g/mol. The molecule has 0 amide bonds. The van der Waals surface area contributed by atoms with Gasteiger partial charge in [-0.05, 0) is 27.2 Å². The van der Waals surface area contributed by atoms with Crippen molar-refractivity contribution in [3.05, 3.63) is 12.3 Å². The van der Waals surface area contributed by atoms with E-state index >= 15 is 0 Å². The Morgan fingerprint density at radius 1 is 1.38 bits per heavy atom. The van der Waals surface area contributed by atoms with Crippen LogP contribution in [0, 0.1) is 0 Å². The van der Waals surface area contributed by atoms with Crippen LogP contribution in [0.1, 0.15) is 47.0 Å². The summed E-state index contributed by atoms with van der Waals surface area (Å²) in [5.41, 5.74) is 0.441. The first kappa shape index (κ1) is 15.0. The average Bonchev–Trinajstić information content (AvgIpc) is 2.14. The second kappa shape index (κ2) is 6.56. The van der Waals surface area contributed by atoms with Gasteiger partial charge in [-0.2, -0.15) is 0 Å². The highest BCUT2D eigenvalue weighted by Crippen LogP contribution is 2.18. The molecule has 3 heteroatoms. The third kappa shape index (κ3) is 5.79. The molecule has 0 rings (SSSR count). The number of carbonyl (C=O) groups excluding carboxylic acids is 1. The first-order valence-corrected chi connectivity index (χ1v) is 5.93. The number of esters is 1. The summed E-state index contributed by atoms with van der Waals surface area (Å²) in [6.45, 7) is 12.7. The molecule has 0 N–H and O–H groups in total. The van der Waals surface area contributed by atoms with Gasteiger partial charge in [0.2, 0.25) is 0 Å². The molecule has 0 aromatic rings. The van der Waals surface area contributed by atoms with Gasteiger partial charge in [0, 0.05) is 19.3 Å². The number of hydrogen-bond donors (Lipinski definition) is 0. The lowest BCUT2D eigenvalue weighted by atomic mass is 10.0. The molecular formula is C13H25NO2. The standard InChI is InChI=1S/C13H25NO2/c1-7-9-13(4,5)16-12(15)10-11(3)14(6)8-2/h3,7-10H2,1-2,4-6H3. The van der Waals surface area contributed by atoms with Crippen molar-refractivity contribution in [2.45, 2.75) is 52.6 Å². The van der Waals surface area contributed by atoms with Gasteiger partial charge in [0.1, 0.15) is 5.60 Å². The van der Waals surface area contributed by atoms with Crippen LogP contribution in [0.25, 0.3) is 0 Å². The fourth-order valence-corrected chi connectivity index (χ4v) is 1.52. The second-order valence-electron chi connectivity index (χ2n) is 4.74. The van der Waals surface area contributed by atoms with Gasteiger partial charge in [0.15, 0.2) is 0 Å². The maximum Gasteiger partial charge on any atom is 0.312 e. The molecule has 0 saturated carbocycles. The zero-order valence-electron chi connectivity index (χ0n) is 11.3. The minimum Gasteiger partial charge on any atom is -0.459 e. The SMILES string of the molecule is C=C(CC(=O)OC(C)(C)CCC)N(C)CC. The van der Waals surface area contributed by atoms with Crippen molar-refractivity contribution < 1.29 is 9.53 Å². The molecule has 0 aliphatic rings. The van der Waals surface area contributed by atoms with Crippen LogP contribution in [0.5, 0.6) is 0 Å². The van der Waals surface area contributed by atoms with Gasteiger partial charge in [-0.25, -0.2) is 0 Å². The van der Waals surface area contributed by atoms with E-state index in [1.54, 1.807) is 0 Å². The zero-order valence-corrected chi connectivity index (χ0v) is 11.3. The lowest BCUT2D eigenvalue weighted by Crippen LogP contribution is -2.29. The summed E-state index contributed by atoms with van der Waals surface area (Å²) in [7, 11) is 1.92. The normalized spacial score (nSPS) is 11.1. The van der Waals surface area contributed by atoms with Crippen LogP contribution < -0.4 is 0 Å². The molecule has 0 unspecified atom stereocenters. The van der Waals surface area contributed by atoms with Gasteiger partial charge in [0.05, 0.1) is 6.42 Å². The first-order chi connectivity index (χ1) is 7.32. The fourth-order valence-electron chi connectivity index (χ4n) is 1.52. The van der Waals surface area contributed by atoms with E-state index in [0.717, 1.165) is 25.1 Å². The maximum atomic E-state index is 11.7. The molecule has 3 nitrogen and oxygen atoms in total. The van der Waals surface area contributed by atoms with E-state index < -0.39 is 0 Å². The Bertz CT molecular complexity index is 246. The topological polar surface area (TPSA) is 29.5 Å². The fraction of sp³-hybridized carbons (Fsp3) is 0.769. The number of carbonyl (C=O) groups is 1. The van der Waals surface area contributed by atoms with Crippen LogP contribution in [-0.2, 0) is 9.53 Å². The Kier molecular flexibility index (Phi) is 6.16. The molecule has 0 fully saturated rings. The van der Waals surface area contributed by atoms with Crippen molar-refractivity contribution in [1.82, 2.24) is 4.90 Å². The molecule has 0 radical (unpaired) electrons. The van der Waals surface area contributed by atoms with Crippen molar-refractivity contribution in [2.75, 3.05) is 13.6 Å². The molecule has 0 aliphatic heterocycles. The third-order valence-corrected chi connectivity index (χ3v) is 2.60. The summed E-state index contributed by atoms with van der Waals surface area (Å²) < 4.78 is 5.42. The highest BCUT2D eigenvalue weighted by Gasteiger charge is 2.22. The maximum absolute atomic E-state index is 11.7. The molecular weight excluding hydrogens is 202 g/mol. The first-order valence-electron chi connectivity index (χ1n) is 5.93. The third-order valence-electron chi connectivity index (χ3n) is 2.60. The lowest BCUT2D eigenvalue weighted by molar-refractivity contribution is -0.156. The molecule has 0 spiro atoms. The number of hydrogen-bond acceptors (Lipinski definition) is 3. The molecule has 0 aromatic carbocycles. The summed E-state index contributed by atoms with van der Waals surface area (Å²) in [5.74, 6) is -0.191. The van der Waals surface area contributed by atoms with Crippen molar-refractivity contribution in [3.8, 4) is 0 Å². The monoisotopic (exact) mass is 227 g/mol. The van der Waals surface area contributed by atoms with Crippen LogP contribution >= 0.6 is 0 Å².